The molecule has 0 fully saturated rings. The molecule has 0 aromatic heterocycles. The summed E-state index contributed by atoms with van der Waals surface area (Å²) in [6, 6.07) is -0.731. The van der Waals surface area contributed by atoms with Crippen LogP contribution < -0.4 is 5.11 Å². The summed E-state index contributed by atoms with van der Waals surface area (Å²) in [5.74, 6) is -1.79. The highest BCUT2D eigenvalue weighted by molar-refractivity contribution is 5.70. The summed E-state index contributed by atoms with van der Waals surface area (Å²) in [6.07, 6.45) is 38.5. The zero-order chi connectivity index (χ0) is 37.8. The van der Waals surface area contributed by atoms with Crippen LogP contribution in [-0.4, -0.2) is 75.5 Å². The molecule has 2 atom stereocenters. The molecule has 8 heteroatoms. The molecule has 0 aliphatic heterocycles. The number of hydrogen-bond acceptors (Lipinski definition) is 7. The third-order valence-corrected chi connectivity index (χ3v) is 8.76. The Kier molecular flexibility index (Phi) is 32.6. The highest BCUT2D eigenvalue weighted by atomic mass is 16.6. The number of rotatable bonds is 35. The Balaban J connectivity index is 4.46. The second kappa shape index (κ2) is 34.4. The molecule has 0 heterocycles. The fraction of sp³-hybridized carbons (Fsp3) is 0.744. The summed E-state index contributed by atoms with van der Waals surface area (Å²) in [6.45, 7) is 4.47. The van der Waals surface area contributed by atoms with Gasteiger partial charge in [0.05, 0.1) is 40.3 Å². The van der Waals surface area contributed by atoms with Gasteiger partial charge in [0, 0.05) is 19.3 Å². The van der Waals surface area contributed by atoms with Gasteiger partial charge in [0.1, 0.15) is 12.6 Å². The Morgan fingerprint density at radius 1 is 0.608 bits per heavy atom. The Morgan fingerprint density at radius 3 is 1.69 bits per heavy atom. The second-order valence-electron chi connectivity index (χ2n) is 14.5. The van der Waals surface area contributed by atoms with Crippen molar-refractivity contribution in [3.63, 3.8) is 0 Å². The zero-order valence-corrected chi connectivity index (χ0v) is 33.3. The van der Waals surface area contributed by atoms with E-state index in [4.69, 9.17) is 14.2 Å². The van der Waals surface area contributed by atoms with Crippen LogP contribution in [0.5, 0.6) is 0 Å². The average molecular weight is 718 g/mol. The van der Waals surface area contributed by atoms with Crippen LogP contribution in [-0.2, 0) is 28.6 Å². The third-order valence-electron chi connectivity index (χ3n) is 8.76. The zero-order valence-electron chi connectivity index (χ0n) is 33.3. The fourth-order valence-corrected chi connectivity index (χ4v) is 5.59. The van der Waals surface area contributed by atoms with Gasteiger partial charge in [0.25, 0.3) is 0 Å². The molecule has 0 saturated heterocycles. The van der Waals surface area contributed by atoms with Crippen molar-refractivity contribution in [2.75, 3.05) is 41.0 Å². The quantitative estimate of drug-likeness (QED) is 0.0212. The van der Waals surface area contributed by atoms with E-state index in [1.165, 1.54) is 44.9 Å². The van der Waals surface area contributed by atoms with Crippen molar-refractivity contribution in [1.82, 2.24) is 0 Å². The molecular weight excluding hydrogens is 642 g/mol. The van der Waals surface area contributed by atoms with E-state index >= 15 is 0 Å². The molecule has 0 N–H and O–H groups in total. The molecule has 8 nitrogen and oxygen atoms in total. The van der Waals surface area contributed by atoms with Crippen molar-refractivity contribution in [2.24, 2.45) is 0 Å². The first-order valence-electron chi connectivity index (χ1n) is 20.2. The van der Waals surface area contributed by atoms with E-state index in [1.807, 2.05) is 12.2 Å². The van der Waals surface area contributed by atoms with Crippen molar-refractivity contribution < 1.29 is 38.2 Å². The summed E-state index contributed by atoms with van der Waals surface area (Å²) in [4.78, 5) is 36.7. The molecule has 51 heavy (non-hydrogen) atoms. The summed E-state index contributed by atoms with van der Waals surface area (Å²) in [7, 11) is 5.38. The van der Waals surface area contributed by atoms with Crippen LogP contribution in [0.4, 0.5) is 0 Å². The monoisotopic (exact) mass is 718 g/mol. The minimum absolute atomic E-state index is 0.0269. The van der Waals surface area contributed by atoms with Crippen LogP contribution in [0.2, 0.25) is 0 Å². The molecule has 0 aliphatic rings. The van der Waals surface area contributed by atoms with Gasteiger partial charge in [-0.15, -0.1) is 0 Å². The average Bonchev–Trinajstić information content (AvgIpc) is 3.08. The number of likely N-dealkylation sites (N-methyl/N-ethyl adjacent to an activating group) is 1. The molecule has 0 amide bonds. The summed E-state index contributed by atoms with van der Waals surface area (Å²) in [5.41, 5.74) is 0. The SMILES string of the molecule is CC/C=C/C=C/C=C/CCCCCCCC(=O)OCC(COCCC(C(=O)[O-])[N+](C)(C)C)OC(=O)CCCCC/C=C/CCCCCCCCC. The highest BCUT2D eigenvalue weighted by Crippen LogP contribution is 2.12. The van der Waals surface area contributed by atoms with E-state index in [0.717, 1.165) is 77.0 Å². The van der Waals surface area contributed by atoms with Gasteiger partial charge in [-0.2, -0.15) is 0 Å². The van der Waals surface area contributed by atoms with Crippen molar-refractivity contribution in [2.45, 2.75) is 167 Å². The smallest absolute Gasteiger partial charge is 0.306 e. The predicted octanol–water partition coefficient (Wildman–Crippen LogP) is 9.13. The maximum atomic E-state index is 12.7. The minimum Gasteiger partial charge on any atom is -0.544 e. The van der Waals surface area contributed by atoms with Gasteiger partial charge < -0.3 is 28.6 Å². The number of unbranched alkanes of at least 4 members (excludes halogenated alkanes) is 15. The number of aliphatic carboxylic acids is 1. The first-order chi connectivity index (χ1) is 24.6. The molecule has 0 aliphatic carbocycles. The second-order valence-corrected chi connectivity index (χ2v) is 14.5. The molecule has 0 saturated carbocycles. The largest absolute Gasteiger partial charge is 0.544 e. The lowest BCUT2D eigenvalue weighted by atomic mass is 10.1. The number of carboxylic acid groups (broad SMARTS) is 1. The number of allylic oxidation sites excluding steroid dienone is 8. The van der Waals surface area contributed by atoms with Crippen molar-refractivity contribution in [3.8, 4) is 0 Å². The van der Waals surface area contributed by atoms with E-state index in [0.29, 0.717) is 12.8 Å². The van der Waals surface area contributed by atoms with Crippen LogP contribution in [0.3, 0.4) is 0 Å². The molecule has 2 unspecified atom stereocenters. The van der Waals surface area contributed by atoms with E-state index in [-0.39, 0.29) is 42.7 Å². The number of ether oxygens (including phenoxy) is 3. The van der Waals surface area contributed by atoms with Gasteiger partial charge in [-0.25, -0.2) is 0 Å². The maximum Gasteiger partial charge on any atom is 0.306 e. The lowest BCUT2D eigenvalue weighted by Gasteiger charge is -2.34. The number of esters is 2. The molecule has 0 spiro atoms. The van der Waals surface area contributed by atoms with Gasteiger partial charge in [0.15, 0.2) is 6.10 Å². The predicted molar refractivity (Wildman–Crippen MR) is 208 cm³/mol. The van der Waals surface area contributed by atoms with Crippen molar-refractivity contribution in [1.29, 1.82) is 0 Å². The Hall–Kier alpha value is -2.71. The molecule has 0 rings (SSSR count). The number of quaternary nitrogens is 1. The first-order valence-corrected chi connectivity index (χ1v) is 20.2. The van der Waals surface area contributed by atoms with Crippen LogP contribution in [0, 0.1) is 0 Å². The summed E-state index contributed by atoms with van der Waals surface area (Å²) < 4.78 is 17.1. The Bertz CT molecular complexity index is 979. The molecule has 0 aromatic carbocycles. The van der Waals surface area contributed by atoms with E-state index in [2.05, 4.69) is 50.3 Å². The summed E-state index contributed by atoms with van der Waals surface area (Å²) in [5, 5.41) is 11.6. The summed E-state index contributed by atoms with van der Waals surface area (Å²) >= 11 is 0. The normalized spacial score (nSPS) is 13.5. The van der Waals surface area contributed by atoms with Crippen LogP contribution >= 0.6 is 0 Å². The Labute approximate surface area is 312 Å². The van der Waals surface area contributed by atoms with E-state index < -0.39 is 18.1 Å². The molecule has 294 valence electrons. The van der Waals surface area contributed by atoms with E-state index in [1.54, 1.807) is 21.1 Å². The molecule has 0 bridgehead atoms. The fourth-order valence-electron chi connectivity index (χ4n) is 5.59. The number of nitrogens with zero attached hydrogens (tertiary/aromatic N) is 1. The third kappa shape index (κ3) is 32.9. The molecule has 0 radical (unpaired) electrons. The Morgan fingerprint density at radius 2 is 1.12 bits per heavy atom. The lowest BCUT2D eigenvalue weighted by Crippen LogP contribution is -2.55. The highest BCUT2D eigenvalue weighted by Gasteiger charge is 2.25. The van der Waals surface area contributed by atoms with Crippen molar-refractivity contribution in [3.05, 3.63) is 48.6 Å². The van der Waals surface area contributed by atoms with Crippen LogP contribution in [0.1, 0.15) is 155 Å². The number of carboxylic acids is 1. The van der Waals surface area contributed by atoms with Gasteiger partial charge in [0.2, 0.25) is 0 Å². The van der Waals surface area contributed by atoms with Crippen LogP contribution in [0.25, 0.3) is 0 Å². The van der Waals surface area contributed by atoms with E-state index in [9.17, 15) is 19.5 Å². The van der Waals surface area contributed by atoms with Gasteiger partial charge in [-0.3, -0.25) is 9.59 Å². The van der Waals surface area contributed by atoms with Crippen molar-refractivity contribution >= 4 is 17.9 Å². The topological polar surface area (TPSA) is 102 Å². The maximum absolute atomic E-state index is 12.7. The van der Waals surface area contributed by atoms with Gasteiger partial charge >= 0.3 is 11.9 Å². The van der Waals surface area contributed by atoms with Crippen LogP contribution in [0.15, 0.2) is 48.6 Å². The standard InChI is InChI=1S/C43H75NO7/c1-6-8-10-12-14-16-18-20-22-24-26-28-30-32-34-42(46)51-39(37-49-36-35-40(43(47)48)44(3,4)5)38-50-41(45)33-31-29-27-25-23-21-19-17-15-13-11-9-7-2/h9,11,13,15,17,19,22,24,39-40H,6-8,10,12,14,16,18,20-21,23,25-38H2,1-5H3/b11-9+,15-13+,19-17+,24-22+. The number of carbonyl (C=O) groups is 3. The molecular formula is C43H75NO7. The number of hydrogen-bond donors (Lipinski definition) is 0. The minimum atomic E-state index is -1.13. The molecule has 0 aromatic rings. The van der Waals surface area contributed by atoms with Gasteiger partial charge in [-0.05, 0) is 57.8 Å². The lowest BCUT2D eigenvalue weighted by molar-refractivity contribution is -0.889. The van der Waals surface area contributed by atoms with Gasteiger partial charge in [-0.1, -0.05) is 127 Å². The number of carbonyl (C=O) groups excluding carboxylic acids is 3. The first kappa shape index (κ1) is 48.3.